The van der Waals surface area contributed by atoms with Gasteiger partial charge in [-0.05, 0) is 6.92 Å². The molecule has 0 aliphatic rings. The molecule has 4 heteroatoms. The van der Waals surface area contributed by atoms with Crippen molar-refractivity contribution >= 4 is 17.5 Å². The summed E-state index contributed by atoms with van der Waals surface area (Å²) in [5.74, 6) is -0.0407. The topological polar surface area (TPSA) is 29.5 Å². The van der Waals surface area contributed by atoms with Crippen LogP contribution in [0, 0.1) is 0 Å². The van der Waals surface area contributed by atoms with Crippen LogP contribution in [0.15, 0.2) is 0 Å². The number of hydrogen-bond donors (Lipinski definition) is 0. The third-order valence-electron chi connectivity index (χ3n) is 1.58. The SMILES string of the molecule is COCC(C)N(C)C(=O)CCl. The van der Waals surface area contributed by atoms with Crippen molar-refractivity contribution < 1.29 is 9.53 Å². The van der Waals surface area contributed by atoms with Gasteiger partial charge in [-0.2, -0.15) is 0 Å². The molecule has 0 saturated carbocycles. The molecule has 0 aliphatic carbocycles. The second-order valence-electron chi connectivity index (χ2n) is 2.44. The number of halogens is 1. The molecule has 1 amide bonds. The van der Waals surface area contributed by atoms with E-state index < -0.39 is 0 Å². The summed E-state index contributed by atoms with van der Waals surface area (Å²) in [6.45, 7) is 2.45. The van der Waals surface area contributed by atoms with Crippen LogP contribution in [0.25, 0.3) is 0 Å². The average molecular weight is 180 g/mol. The Kier molecular flexibility index (Phi) is 5.24. The monoisotopic (exact) mass is 179 g/mol. The number of rotatable bonds is 4. The van der Waals surface area contributed by atoms with Gasteiger partial charge in [0.15, 0.2) is 0 Å². The Hall–Kier alpha value is -0.280. The Morgan fingerprint density at radius 3 is 2.64 bits per heavy atom. The van der Waals surface area contributed by atoms with E-state index in [0.29, 0.717) is 6.61 Å². The molecule has 0 N–H and O–H groups in total. The minimum absolute atomic E-state index is 0.0323. The van der Waals surface area contributed by atoms with Gasteiger partial charge < -0.3 is 9.64 Å². The van der Waals surface area contributed by atoms with Crippen LogP contribution in [0.2, 0.25) is 0 Å². The lowest BCUT2D eigenvalue weighted by molar-refractivity contribution is -0.129. The maximum absolute atomic E-state index is 11.0. The molecular formula is C7H14ClNO2. The Balaban J connectivity index is 3.80. The fourth-order valence-electron chi connectivity index (χ4n) is 0.693. The van der Waals surface area contributed by atoms with Gasteiger partial charge in [-0.3, -0.25) is 4.79 Å². The number of carbonyl (C=O) groups is 1. The molecule has 0 bridgehead atoms. The molecule has 3 nitrogen and oxygen atoms in total. The molecular weight excluding hydrogens is 166 g/mol. The van der Waals surface area contributed by atoms with E-state index in [9.17, 15) is 4.79 Å². The Labute approximate surface area is 72.3 Å². The van der Waals surface area contributed by atoms with Crippen LogP contribution in [0.1, 0.15) is 6.92 Å². The summed E-state index contributed by atoms with van der Waals surface area (Å²) in [5.41, 5.74) is 0. The summed E-state index contributed by atoms with van der Waals surface area (Å²) in [6.07, 6.45) is 0. The number of methoxy groups -OCH3 is 1. The minimum Gasteiger partial charge on any atom is -0.383 e. The van der Waals surface area contributed by atoms with Gasteiger partial charge in [0.1, 0.15) is 5.88 Å². The fourth-order valence-corrected chi connectivity index (χ4v) is 0.882. The minimum atomic E-state index is -0.0729. The first-order chi connectivity index (χ1) is 5.13. The van der Waals surface area contributed by atoms with Crippen LogP contribution in [0.5, 0.6) is 0 Å². The summed E-state index contributed by atoms with van der Waals surface area (Å²) in [4.78, 5) is 12.5. The van der Waals surface area contributed by atoms with Crippen molar-refractivity contribution in [1.29, 1.82) is 0 Å². The molecule has 0 aromatic rings. The fraction of sp³-hybridized carbons (Fsp3) is 0.857. The molecule has 1 unspecified atom stereocenters. The Morgan fingerprint density at radius 1 is 1.73 bits per heavy atom. The number of likely N-dealkylation sites (N-methyl/N-ethyl adjacent to an activating group) is 1. The highest BCUT2D eigenvalue weighted by Gasteiger charge is 2.13. The number of alkyl halides is 1. The Morgan fingerprint density at radius 2 is 2.27 bits per heavy atom. The number of amides is 1. The molecule has 0 heterocycles. The zero-order valence-corrected chi connectivity index (χ0v) is 7.89. The lowest BCUT2D eigenvalue weighted by Crippen LogP contribution is -2.38. The first kappa shape index (κ1) is 10.7. The zero-order valence-electron chi connectivity index (χ0n) is 7.13. The van der Waals surface area contributed by atoms with E-state index in [1.807, 2.05) is 6.92 Å². The third kappa shape index (κ3) is 3.58. The average Bonchev–Trinajstić information content (AvgIpc) is 2.02. The summed E-state index contributed by atoms with van der Waals surface area (Å²) < 4.78 is 4.88. The van der Waals surface area contributed by atoms with E-state index in [0.717, 1.165) is 0 Å². The zero-order chi connectivity index (χ0) is 8.85. The number of carbonyl (C=O) groups excluding carboxylic acids is 1. The van der Waals surface area contributed by atoms with Gasteiger partial charge in [0, 0.05) is 14.2 Å². The molecule has 0 aromatic carbocycles. The van der Waals surface area contributed by atoms with Crippen LogP contribution in [-0.4, -0.2) is 43.5 Å². The second kappa shape index (κ2) is 5.38. The predicted molar refractivity (Wildman–Crippen MR) is 44.8 cm³/mol. The normalized spacial score (nSPS) is 12.7. The van der Waals surface area contributed by atoms with E-state index in [-0.39, 0.29) is 17.8 Å². The van der Waals surface area contributed by atoms with Gasteiger partial charge in [0.05, 0.1) is 12.6 Å². The highest BCUT2D eigenvalue weighted by molar-refractivity contribution is 6.27. The molecule has 0 spiro atoms. The van der Waals surface area contributed by atoms with Crippen LogP contribution in [-0.2, 0) is 9.53 Å². The lowest BCUT2D eigenvalue weighted by atomic mass is 10.3. The highest BCUT2D eigenvalue weighted by atomic mass is 35.5. The number of ether oxygens (including phenoxy) is 1. The van der Waals surface area contributed by atoms with Gasteiger partial charge in [0.2, 0.25) is 5.91 Å². The van der Waals surface area contributed by atoms with Crippen LogP contribution in [0.3, 0.4) is 0 Å². The molecule has 0 fully saturated rings. The highest BCUT2D eigenvalue weighted by Crippen LogP contribution is 1.97. The van der Waals surface area contributed by atoms with E-state index in [4.69, 9.17) is 16.3 Å². The van der Waals surface area contributed by atoms with Crippen LogP contribution < -0.4 is 0 Å². The van der Waals surface area contributed by atoms with Crippen molar-refractivity contribution in [3.63, 3.8) is 0 Å². The first-order valence-electron chi connectivity index (χ1n) is 3.44. The van der Waals surface area contributed by atoms with E-state index in [1.165, 1.54) is 0 Å². The summed E-state index contributed by atoms with van der Waals surface area (Å²) >= 11 is 5.36. The van der Waals surface area contributed by atoms with E-state index in [2.05, 4.69) is 0 Å². The smallest absolute Gasteiger partial charge is 0.237 e. The summed E-state index contributed by atoms with van der Waals surface area (Å²) in [6, 6.07) is 0.0891. The molecule has 0 saturated heterocycles. The van der Waals surface area contributed by atoms with Crippen LogP contribution >= 0.6 is 11.6 Å². The molecule has 0 aliphatic heterocycles. The lowest BCUT2D eigenvalue weighted by Gasteiger charge is -2.23. The second-order valence-corrected chi connectivity index (χ2v) is 2.71. The molecule has 0 rings (SSSR count). The van der Waals surface area contributed by atoms with Crippen molar-refractivity contribution in [2.45, 2.75) is 13.0 Å². The maximum atomic E-state index is 11.0. The molecule has 0 aromatic heterocycles. The Bertz CT molecular complexity index is 130. The molecule has 1 atom stereocenters. The quantitative estimate of drug-likeness (QED) is 0.596. The van der Waals surface area contributed by atoms with Crippen molar-refractivity contribution in [2.75, 3.05) is 26.6 Å². The van der Waals surface area contributed by atoms with Gasteiger partial charge >= 0.3 is 0 Å². The van der Waals surface area contributed by atoms with Gasteiger partial charge in [0.25, 0.3) is 0 Å². The standard InChI is InChI=1S/C7H14ClNO2/c1-6(5-11-3)9(2)7(10)4-8/h6H,4-5H2,1-3H3. The van der Waals surface area contributed by atoms with Crippen molar-refractivity contribution in [1.82, 2.24) is 4.90 Å². The van der Waals surface area contributed by atoms with Gasteiger partial charge in [-0.25, -0.2) is 0 Å². The van der Waals surface area contributed by atoms with E-state index >= 15 is 0 Å². The molecule has 66 valence electrons. The van der Waals surface area contributed by atoms with Gasteiger partial charge in [-0.1, -0.05) is 0 Å². The molecule has 11 heavy (non-hydrogen) atoms. The number of hydrogen-bond acceptors (Lipinski definition) is 2. The first-order valence-corrected chi connectivity index (χ1v) is 3.97. The van der Waals surface area contributed by atoms with E-state index in [1.54, 1.807) is 19.1 Å². The summed E-state index contributed by atoms with van der Waals surface area (Å²) in [5, 5.41) is 0. The van der Waals surface area contributed by atoms with Crippen LogP contribution in [0.4, 0.5) is 0 Å². The van der Waals surface area contributed by atoms with Crippen molar-refractivity contribution in [3.8, 4) is 0 Å². The molecule has 0 radical (unpaired) electrons. The van der Waals surface area contributed by atoms with Gasteiger partial charge in [-0.15, -0.1) is 11.6 Å². The largest absolute Gasteiger partial charge is 0.383 e. The van der Waals surface area contributed by atoms with Crippen molar-refractivity contribution in [3.05, 3.63) is 0 Å². The summed E-state index contributed by atoms with van der Waals surface area (Å²) in [7, 11) is 3.32. The third-order valence-corrected chi connectivity index (χ3v) is 1.81. The maximum Gasteiger partial charge on any atom is 0.237 e. The van der Waals surface area contributed by atoms with Crippen molar-refractivity contribution in [2.24, 2.45) is 0 Å². The number of nitrogens with zero attached hydrogens (tertiary/aromatic N) is 1. The predicted octanol–water partition coefficient (Wildman–Crippen LogP) is 0.719.